The van der Waals surface area contributed by atoms with E-state index in [1.54, 1.807) is 0 Å². The van der Waals surface area contributed by atoms with Gasteiger partial charge in [-0.2, -0.15) is 21.6 Å². The highest BCUT2D eigenvalue weighted by molar-refractivity contribution is 7.87. The summed E-state index contributed by atoms with van der Waals surface area (Å²) in [6.07, 6.45) is 1.48. The molecule has 0 aliphatic carbocycles. The Kier molecular flexibility index (Phi) is 7.17. The normalized spacial score (nSPS) is 13.2. The van der Waals surface area contributed by atoms with Gasteiger partial charge >= 0.3 is 36.8 Å². The maximum atomic E-state index is 12.4. The SMILES string of the molecule is CCCC/C(=C\[I+]c1ccc(C)cc1)OS(=O)(=O)C(F)(F)F. The van der Waals surface area contributed by atoms with Gasteiger partial charge in [-0.1, -0.05) is 31.0 Å². The largest absolute Gasteiger partial charge is 0.534 e. The first-order valence-electron chi connectivity index (χ1n) is 6.55. The van der Waals surface area contributed by atoms with Gasteiger partial charge in [-0.3, -0.25) is 0 Å². The molecule has 1 aromatic rings. The molecule has 8 heteroatoms. The number of rotatable bonds is 7. The summed E-state index contributed by atoms with van der Waals surface area (Å²) < 4.78 is 66.2. The lowest BCUT2D eigenvalue weighted by Crippen LogP contribution is -3.59. The van der Waals surface area contributed by atoms with Crippen molar-refractivity contribution >= 4 is 10.1 Å². The van der Waals surface area contributed by atoms with Crippen molar-refractivity contribution in [3.05, 3.63) is 43.2 Å². The van der Waals surface area contributed by atoms with Crippen LogP contribution in [0.2, 0.25) is 0 Å². The van der Waals surface area contributed by atoms with Crippen LogP contribution in [-0.2, 0) is 14.3 Å². The first kappa shape index (κ1) is 19.3. The van der Waals surface area contributed by atoms with Gasteiger partial charge in [0.1, 0.15) is 0 Å². The van der Waals surface area contributed by atoms with Crippen molar-refractivity contribution in [1.82, 2.24) is 0 Å². The van der Waals surface area contributed by atoms with Crippen LogP contribution in [0.5, 0.6) is 0 Å². The van der Waals surface area contributed by atoms with Gasteiger partial charge < -0.3 is 4.18 Å². The van der Waals surface area contributed by atoms with E-state index >= 15 is 0 Å². The predicted molar refractivity (Wildman–Crippen MR) is 73.5 cm³/mol. The Morgan fingerprint density at radius 2 is 1.86 bits per heavy atom. The Morgan fingerprint density at radius 1 is 1.27 bits per heavy atom. The number of hydrogen-bond acceptors (Lipinski definition) is 3. The lowest BCUT2D eigenvalue weighted by Gasteiger charge is -2.10. The molecule has 3 nitrogen and oxygen atoms in total. The van der Waals surface area contributed by atoms with Crippen LogP contribution < -0.4 is 21.2 Å². The molecule has 0 amide bonds. The van der Waals surface area contributed by atoms with Crippen LogP contribution >= 0.6 is 0 Å². The number of aryl methyl sites for hydroxylation is 1. The quantitative estimate of drug-likeness (QED) is 0.272. The maximum absolute atomic E-state index is 12.4. The molecule has 1 aromatic carbocycles. The number of unbranched alkanes of at least 4 members (excludes halogenated alkanes) is 1. The Morgan fingerprint density at radius 3 is 2.36 bits per heavy atom. The number of alkyl halides is 3. The van der Waals surface area contributed by atoms with Gasteiger partial charge in [-0.05, 0) is 25.5 Å². The second-order valence-electron chi connectivity index (χ2n) is 4.57. The fourth-order valence-electron chi connectivity index (χ4n) is 1.38. The van der Waals surface area contributed by atoms with Crippen LogP contribution in [0.15, 0.2) is 34.1 Å². The fraction of sp³-hybridized carbons (Fsp3) is 0.429. The maximum Gasteiger partial charge on any atom is 0.534 e. The van der Waals surface area contributed by atoms with E-state index in [1.165, 1.54) is 4.08 Å². The molecule has 1 rings (SSSR count). The van der Waals surface area contributed by atoms with E-state index in [4.69, 9.17) is 0 Å². The van der Waals surface area contributed by atoms with E-state index in [0.29, 0.717) is 6.42 Å². The molecule has 0 N–H and O–H groups in total. The molecule has 0 fully saturated rings. The number of halogens is 4. The third-order valence-electron chi connectivity index (χ3n) is 2.59. The van der Waals surface area contributed by atoms with Gasteiger partial charge in [0.2, 0.25) is 0 Å². The zero-order valence-electron chi connectivity index (χ0n) is 12.2. The van der Waals surface area contributed by atoms with Crippen LogP contribution in [0.1, 0.15) is 31.7 Å². The molecule has 0 saturated heterocycles. The van der Waals surface area contributed by atoms with Gasteiger partial charge in [0.25, 0.3) is 0 Å². The summed E-state index contributed by atoms with van der Waals surface area (Å²) in [5, 5.41) is 0. The van der Waals surface area contributed by atoms with E-state index in [-0.39, 0.29) is 12.2 Å². The minimum Gasteiger partial charge on any atom is -0.376 e. The highest BCUT2D eigenvalue weighted by atomic mass is 127. The predicted octanol–water partition coefficient (Wildman–Crippen LogP) is 1.15. The van der Waals surface area contributed by atoms with Gasteiger partial charge in [-0.15, -0.1) is 0 Å². The molecule has 0 unspecified atom stereocenters. The monoisotopic (exact) mass is 449 g/mol. The summed E-state index contributed by atoms with van der Waals surface area (Å²) in [4.78, 5) is 0. The highest BCUT2D eigenvalue weighted by Crippen LogP contribution is 2.27. The van der Waals surface area contributed by atoms with Gasteiger partial charge in [0.15, 0.2) is 13.4 Å². The van der Waals surface area contributed by atoms with Crippen molar-refractivity contribution in [3.63, 3.8) is 0 Å². The summed E-state index contributed by atoms with van der Waals surface area (Å²) in [6, 6.07) is 7.58. The topological polar surface area (TPSA) is 43.4 Å². The molecule has 0 aliphatic rings. The van der Waals surface area contributed by atoms with Crippen LogP contribution in [0.25, 0.3) is 0 Å². The van der Waals surface area contributed by atoms with E-state index in [1.807, 2.05) is 38.1 Å². The van der Waals surface area contributed by atoms with Crippen LogP contribution in [-0.4, -0.2) is 13.9 Å². The van der Waals surface area contributed by atoms with E-state index in [2.05, 4.69) is 4.18 Å². The summed E-state index contributed by atoms with van der Waals surface area (Å²) in [7, 11) is -5.59. The van der Waals surface area contributed by atoms with Gasteiger partial charge in [0.05, 0.1) is 0 Å². The van der Waals surface area contributed by atoms with Crippen molar-refractivity contribution in [1.29, 1.82) is 0 Å². The van der Waals surface area contributed by atoms with E-state index in [0.717, 1.165) is 15.6 Å². The minimum absolute atomic E-state index is 0.118. The van der Waals surface area contributed by atoms with Crippen LogP contribution in [0, 0.1) is 10.5 Å². The Labute approximate surface area is 138 Å². The Hall–Kier alpha value is -0.770. The molecule has 0 aromatic heterocycles. The number of benzene rings is 1. The zero-order chi connectivity index (χ0) is 16.8. The summed E-state index contributed by atoms with van der Waals surface area (Å²) >= 11 is -0.754. The molecule has 0 radical (unpaired) electrons. The number of allylic oxidation sites excluding steroid dienone is 1. The van der Waals surface area contributed by atoms with Crippen molar-refractivity contribution < 1.29 is 47.0 Å². The summed E-state index contributed by atoms with van der Waals surface area (Å²) in [6.45, 7) is 3.80. The van der Waals surface area contributed by atoms with E-state index in [9.17, 15) is 21.6 Å². The lowest BCUT2D eigenvalue weighted by molar-refractivity contribution is -0.558. The lowest BCUT2D eigenvalue weighted by atomic mass is 10.2. The van der Waals surface area contributed by atoms with E-state index < -0.39 is 36.8 Å². The molecule has 0 bridgehead atoms. The highest BCUT2D eigenvalue weighted by Gasteiger charge is 2.49. The van der Waals surface area contributed by atoms with Crippen LogP contribution in [0.4, 0.5) is 13.2 Å². The molecule has 22 heavy (non-hydrogen) atoms. The third-order valence-corrected chi connectivity index (χ3v) is 6.03. The van der Waals surface area contributed by atoms with Crippen molar-refractivity contribution in [3.8, 4) is 0 Å². The summed E-state index contributed by atoms with van der Waals surface area (Å²) in [5.74, 6) is -0.118. The van der Waals surface area contributed by atoms with Crippen molar-refractivity contribution in [2.24, 2.45) is 0 Å². The van der Waals surface area contributed by atoms with Crippen molar-refractivity contribution in [2.75, 3.05) is 0 Å². The smallest absolute Gasteiger partial charge is 0.376 e. The van der Waals surface area contributed by atoms with Gasteiger partial charge in [0, 0.05) is 6.42 Å². The zero-order valence-corrected chi connectivity index (χ0v) is 15.1. The molecule has 124 valence electrons. The fourth-order valence-corrected chi connectivity index (χ4v) is 3.98. The second-order valence-corrected chi connectivity index (χ2v) is 8.60. The molecular formula is C14H17F3IO3S+. The summed E-state index contributed by atoms with van der Waals surface area (Å²) in [5.41, 5.74) is -4.32. The standard InChI is InChI=1S/C14H17F3IO3S/c1-3-4-5-13(21-22(19,20)14(15,16)17)10-18-12-8-6-11(2)7-9-12/h6-10H,3-5H2,1-2H3/q+1/b13-10+. The molecule has 0 spiro atoms. The molecular weight excluding hydrogens is 432 g/mol. The first-order valence-corrected chi connectivity index (χ1v) is 10.3. The first-order chi connectivity index (χ1) is 10.2. The number of hydrogen-bond donors (Lipinski definition) is 0. The molecule has 0 heterocycles. The Bertz CT molecular complexity index is 607. The molecule has 0 aliphatic heterocycles. The molecule has 0 saturated carbocycles. The average Bonchev–Trinajstić information content (AvgIpc) is 2.42. The third kappa shape index (κ3) is 6.15. The molecule has 0 atom stereocenters. The van der Waals surface area contributed by atoms with Crippen molar-refractivity contribution in [2.45, 2.75) is 38.6 Å². The minimum atomic E-state index is -5.59. The second kappa shape index (κ2) is 8.19. The van der Waals surface area contributed by atoms with Gasteiger partial charge in [-0.25, -0.2) is 0 Å². The van der Waals surface area contributed by atoms with Crippen LogP contribution in [0.3, 0.4) is 0 Å². The Balaban J connectivity index is 2.88. The average molecular weight is 449 g/mol.